The molecular weight excluding hydrogens is 370 g/mol. The Hall–Kier alpha value is -2.47. The summed E-state index contributed by atoms with van der Waals surface area (Å²) in [7, 11) is 0. The van der Waals surface area contributed by atoms with E-state index in [0.29, 0.717) is 21.6 Å². The summed E-state index contributed by atoms with van der Waals surface area (Å²) in [6.07, 6.45) is 4.02. The van der Waals surface area contributed by atoms with Crippen molar-refractivity contribution in [1.82, 2.24) is 9.55 Å². The Bertz CT molecular complexity index is 1110. The van der Waals surface area contributed by atoms with E-state index in [0.717, 1.165) is 54.9 Å². The Balaban J connectivity index is 1.84. The second-order valence-electron chi connectivity index (χ2n) is 7.37. The molecule has 3 aromatic rings. The molecular formula is C22H25N3O2S. The molecule has 2 aromatic heterocycles. The van der Waals surface area contributed by atoms with Crippen LogP contribution in [0.3, 0.4) is 0 Å². The molecule has 1 aromatic carbocycles. The van der Waals surface area contributed by atoms with E-state index in [1.807, 2.05) is 49.6 Å². The van der Waals surface area contributed by atoms with E-state index in [2.05, 4.69) is 0 Å². The van der Waals surface area contributed by atoms with Crippen molar-refractivity contribution in [3.8, 4) is 0 Å². The van der Waals surface area contributed by atoms with Crippen LogP contribution in [0.25, 0.3) is 10.2 Å². The van der Waals surface area contributed by atoms with Gasteiger partial charge in [0.15, 0.2) is 0 Å². The predicted octanol–water partition coefficient (Wildman–Crippen LogP) is 4.47. The molecule has 0 aliphatic carbocycles. The van der Waals surface area contributed by atoms with Crippen LogP contribution in [-0.2, 0) is 13.0 Å². The largest absolute Gasteiger partial charge is 0.308 e. The molecule has 6 heteroatoms. The van der Waals surface area contributed by atoms with Crippen LogP contribution in [0.4, 0.5) is 5.69 Å². The molecule has 0 N–H and O–H groups in total. The van der Waals surface area contributed by atoms with Crippen molar-refractivity contribution >= 4 is 33.1 Å². The van der Waals surface area contributed by atoms with Crippen molar-refractivity contribution in [3.05, 3.63) is 56.4 Å². The highest BCUT2D eigenvalue weighted by Crippen LogP contribution is 2.31. The molecule has 28 heavy (non-hydrogen) atoms. The number of rotatable bonds is 3. The summed E-state index contributed by atoms with van der Waals surface area (Å²) in [5.74, 6) is 0.804. The van der Waals surface area contributed by atoms with Crippen LogP contribution >= 0.6 is 11.3 Å². The van der Waals surface area contributed by atoms with Gasteiger partial charge < -0.3 is 4.90 Å². The molecule has 0 saturated heterocycles. The lowest BCUT2D eigenvalue weighted by atomic mass is 10.1. The van der Waals surface area contributed by atoms with Gasteiger partial charge in [-0.1, -0.05) is 24.6 Å². The molecule has 0 saturated carbocycles. The Morgan fingerprint density at radius 1 is 1.21 bits per heavy atom. The number of amides is 1. The SMILES string of the molecule is CCN(C(=O)c1sc2nc3n(c(=O)c2c1C)CCCCC3)c1ccccc1C. The predicted molar refractivity (Wildman–Crippen MR) is 115 cm³/mol. The summed E-state index contributed by atoms with van der Waals surface area (Å²) in [5, 5.41) is 0.611. The minimum atomic E-state index is -0.0584. The summed E-state index contributed by atoms with van der Waals surface area (Å²) in [4.78, 5) is 34.4. The van der Waals surface area contributed by atoms with Crippen molar-refractivity contribution in [1.29, 1.82) is 0 Å². The highest BCUT2D eigenvalue weighted by atomic mass is 32.1. The van der Waals surface area contributed by atoms with Gasteiger partial charge >= 0.3 is 0 Å². The minimum Gasteiger partial charge on any atom is -0.308 e. The van der Waals surface area contributed by atoms with Gasteiger partial charge in [-0.15, -0.1) is 11.3 Å². The fourth-order valence-electron chi connectivity index (χ4n) is 4.03. The van der Waals surface area contributed by atoms with Gasteiger partial charge in [-0.2, -0.15) is 0 Å². The van der Waals surface area contributed by atoms with E-state index < -0.39 is 0 Å². The van der Waals surface area contributed by atoms with E-state index in [4.69, 9.17) is 4.98 Å². The second-order valence-corrected chi connectivity index (χ2v) is 8.37. The maximum absolute atomic E-state index is 13.4. The van der Waals surface area contributed by atoms with Gasteiger partial charge in [0.25, 0.3) is 11.5 Å². The molecule has 4 rings (SSSR count). The number of fused-ring (bicyclic) bond motifs is 2. The zero-order valence-electron chi connectivity index (χ0n) is 16.6. The van der Waals surface area contributed by atoms with Crippen LogP contribution < -0.4 is 10.5 Å². The maximum Gasteiger partial charge on any atom is 0.268 e. The number of carbonyl (C=O) groups excluding carboxylic acids is 1. The van der Waals surface area contributed by atoms with E-state index in [9.17, 15) is 9.59 Å². The lowest BCUT2D eigenvalue weighted by Gasteiger charge is -2.22. The molecule has 5 nitrogen and oxygen atoms in total. The lowest BCUT2D eigenvalue weighted by molar-refractivity contribution is 0.0991. The van der Waals surface area contributed by atoms with Crippen molar-refractivity contribution < 1.29 is 4.79 Å². The number of benzene rings is 1. The zero-order valence-corrected chi connectivity index (χ0v) is 17.4. The van der Waals surface area contributed by atoms with Crippen molar-refractivity contribution in [2.24, 2.45) is 0 Å². The Morgan fingerprint density at radius 2 is 2.00 bits per heavy atom. The van der Waals surface area contributed by atoms with Crippen LogP contribution in [0, 0.1) is 13.8 Å². The molecule has 0 atom stereocenters. The van der Waals surface area contributed by atoms with Gasteiger partial charge in [0.2, 0.25) is 0 Å². The van der Waals surface area contributed by atoms with E-state index in [1.165, 1.54) is 11.3 Å². The number of hydrogen-bond acceptors (Lipinski definition) is 4. The number of thiophene rings is 1. The minimum absolute atomic E-state index is 0.00800. The molecule has 146 valence electrons. The first kappa shape index (κ1) is 18.9. The number of nitrogens with zero attached hydrogens (tertiary/aromatic N) is 3. The number of aryl methyl sites for hydroxylation is 3. The maximum atomic E-state index is 13.4. The number of hydrogen-bond donors (Lipinski definition) is 0. The first-order chi connectivity index (χ1) is 13.5. The average molecular weight is 396 g/mol. The Kier molecular flexibility index (Phi) is 5.06. The van der Waals surface area contributed by atoms with Crippen LogP contribution in [0.5, 0.6) is 0 Å². The van der Waals surface area contributed by atoms with Crippen LogP contribution in [-0.4, -0.2) is 22.0 Å². The van der Waals surface area contributed by atoms with Crippen LogP contribution in [0.2, 0.25) is 0 Å². The molecule has 1 aliphatic rings. The third-order valence-electron chi connectivity index (χ3n) is 5.57. The number of carbonyl (C=O) groups is 1. The highest BCUT2D eigenvalue weighted by molar-refractivity contribution is 7.20. The number of anilines is 1. The topological polar surface area (TPSA) is 55.2 Å². The number of para-hydroxylation sites is 1. The summed E-state index contributed by atoms with van der Waals surface area (Å²) >= 11 is 1.35. The average Bonchev–Trinajstić information content (AvgIpc) is 2.86. The molecule has 0 spiro atoms. The van der Waals surface area contributed by atoms with Gasteiger partial charge in [-0.3, -0.25) is 14.2 Å². The molecule has 0 radical (unpaired) electrons. The standard InChI is InChI=1S/C22H25N3O2S/c1-4-24(16-11-8-7-10-14(16)2)22(27)19-15(3)18-20(28-19)23-17-12-6-5-9-13-25(17)21(18)26/h7-8,10-11H,4-6,9,12-13H2,1-3H3. The first-order valence-electron chi connectivity index (χ1n) is 9.93. The van der Waals surface area contributed by atoms with Gasteiger partial charge in [-0.05, 0) is 50.8 Å². The second kappa shape index (κ2) is 7.51. The third-order valence-corrected chi connectivity index (χ3v) is 6.75. The highest BCUT2D eigenvalue weighted by Gasteiger charge is 2.26. The van der Waals surface area contributed by atoms with Gasteiger partial charge in [0.05, 0.1) is 10.3 Å². The Labute approximate surface area is 168 Å². The molecule has 0 unspecified atom stereocenters. The van der Waals surface area contributed by atoms with Crippen molar-refractivity contribution in [2.75, 3.05) is 11.4 Å². The van der Waals surface area contributed by atoms with Gasteiger partial charge in [0, 0.05) is 25.2 Å². The van der Waals surface area contributed by atoms with E-state index >= 15 is 0 Å². The molecule has 0 fully saturated rings. The van der Waals surface area contributed by atoms with E-state index in [-0.39, 0.29) is 11.5 Å². The lowest BCUT2D eigenvalue weighted by Crippen LogP contribution is -2.31. The molecule has 0 bridgehead atoms. The monoisotopic (exact) mass is 395 g/mol. The molecule has 1 amide bonds. The fraction of sp³-hybridized carbons (Fsp3) is 0.409. The smallest absolute Gasteiger partial charge is 0.268 e. The Morgan fingerprint density at radius 3 is 2.75 bits per heavy atom. The summed E-state index contributed by atoms with van der Waals surface area (Å²) < 4.78 is 1.82. The van der Waals surface area contributed by atoms with Crippen molar-refractivity contribution in [2.45, 2.75) is 53.0 Å². The normalized spacial score (nSPS) is 14.0. The number of aromatic nitrogens is 2. The first-order valence-corrected chi connectivity index (χ1v) is 10.7. The molecule has 3 heterocycles. The van der Waals surface area contributed by atoms with Crippen LogP contribution in [0.15, 0.2) is 29.1 Å². The zero-order chi connectivity index (χ0) is 19.8. The van der Waals surface area contributed by atoms with Gasteiger partial charge in [0.1, 0.15) is 10.7 Å². The van der Waals surface area contributed by atoms with E-state index in [1.54, 1.807) is 4.90 Å². The molecule has 1 aliphatic heterocycles. The fourth-order valence-corrected chi connectivity index (χ4v) is 5.17. The van der Waals surface area contributed by atoms with Crippen LogP contribution in [0.1, 0.15) is 52.8 Å². The quantitative estimate of drug-likeness (QED) is 0.658. The summed E-state index contributed by atoms with van der Waals surface area (Å²) in [6, 6.07) is 7.89. The summed E-state index contributed by atoms with van der Waals surface area (Å²) in [5.41, 5.74) is 2.73. The van der Waals surface area contributed by atoms with Crippen molar-refractivity contribution in [3.63, 3.8) is 0 Å². The van der Waals surface area contributed by atoms with Gasteiger partial charge in [-0.25, -0.2) is 4.98 Å². The summed E-state index contributed by atoms with van der Waals surface area (Å²) in [6.45, 7) is 7.15. The third kappa shape index (κ3) is 3.05.